The van der Waals surface area contributed by atoms with E-state index in [-0.39, 0.29) is 35.0 Å². The Balaban J connectivity index is 1.11. The van der Waals surface area contributed by atoms with Crippen molar-refractivity contribution in [3.05, 3.63) is 64.1 Å². The first-order valence-corrected chi connectivity index (χ1v) is 10.8. The molecular formula is C23H19F2N5O3. The summed E-state index contributed by atoms with van der Waals surface area (Å²) in [5.41, 5.74) is 0.432. The van der Waals surface area contributed by atoms with Crippen molar-refractivity contribution in [3.63, 3.8) is 0 Å². The van der Waals surface area contributed by atoms with E-state index in [4.69, 9.17) is 9.47 Å². The highest BCUT2D eigenvalue weighted by Crippen LogP contribution is 2.78. The van der Waals surface area contributed by atoms with Gasteiger partial charge >= 0.3 is 5.69 Å². The number of halogens is 2. The number of benzene rings is 1. The van der Waals surface area contributed by atoms with Crippen LogP contribution in [0.25, 0.3) is 0 Å². The molecular weight excluding hydrogens is 432 g/mol. The third kappa shape index (κ3) is 2.60. The molecule has 10 heteroatoms. The molecule has 0 amide bonds. The van der Waals surface area contributed by atoms with Gasteiger partial charge < -0.3 is 14.4 Å². The summed E-state index contributed by atoms with van der Waals surface area (Å²) >= 11 is 0. The third-order valence-corrected chi connectivity index (χ3v) is 7.42. The molecule has 0 N–H and O–H groups in total. The van der Waals surface area contributed by atoms with E-state index >= 15 is 0 Å². The van der Waals surface area contributed by atoms with E-state index in [0.717, 1.165) is 30.8 Å². The number of hydrogen-bond donors (Lipinski definition) is 0. The first kappa shape index (κ1) is 19.0. The number of hydrogen-bond acceptors (Lipinski definition) is 7. The molecule has 168 valence electrons. The molecule has 1 atom stereocenters. The zero-order valence-corrected chi connectivity index (χ0v) is 17.7. The van der Waals surface area contributed by atoms with Gasteiger partial charge in [0.2, 0.25) is 5.88 Å². The minimum Gasteiger partial charge on any atom is -0.473 e. The van der Waals surface area contributed by atoms with Crippen LogP contribution in [0, 0.1) is 24.0 Å². The molecule has 2 saturated heterocycles. The van der Waals surface area contributed by atoms with Crippen LogP contribution in [0.2, 0.25) is 0 Å². The fraction of sp³-hybridized carbons (Fsp3) is 0.391. The number of nitrogens with zero attached hydrogens (tertiary/aromatic N) is 5. The van der Waals surface area contributed by atoms with E-state index in [1.165, 1.54) is 18.8 Å². The number of ether oxygens (including phenoxy) is 2. The second-order valence-corrected chi connectivity index (χ2v) is 9.60. The minimum absolute atomic E-state index is 0.0694. The first-order chi connectivity index (χ1) is 15.9. The predicted molar refractivity (Wildman–Crippen MR) is 111 cm³/mol. The summed E-state index contributed by atoms with van der Waals surface area (Å²) in [7, 11) is 0. The van der Waals surface area contributed by atoms with Crippen molar-refractivity contribution in [2.45, 2.75) is 50.9 Å². The molecule has 3 aliphatic heterocycles. The summed E-state index contributed by atoms with van der Waals surface area (Å²) in [6.07, 6.45) is 6.15. The van der Waals surface area contributed by atoms with E-state index in [2.05, 4.69) is 19.9 Å². The second kappa shape index (κ2) is 6.06. The molecule has 2 aromatic heterocycles. The van der Waals surface area contributed by atoms with Gasteiger partial charge in [-0.05, 0) is 49.3 Å². The standard InChI is InChI=1S/C23H19F2N5O3/c1-12-26-6-14(7-27-12)33-20-15(24)2-13(3-16(20)25)8-32-18-4-19-29(21(31)28-18)11-23-9-22(10-23)5-17(22)30(19)23/h2-4,6-7,17H,5,8-11H2,1H3. The zero-order valence-electron chi connectivity index (χ0n) is 17.7. The lowest BCUT2D eigenvalue weighted by molar-refractivity contribution is 0.169. The quantitative estimate of drug-likeness (QED) is 0.590. The number of rotatable bonds is 5. The summed E-state index contributed by atoms with van der Waals surface area (Å²) in [6, 6.07) is 4.54. The highest BCUT2D eigenvalue weighted by atomic mass is 19.1. The molecule has 8 rings (SSSR count). The lowest BCUT2D eigenvalue weighted by Crippen LogP contribution is -2.49. The largest absolute Gasteiger partial charge is 0.473 e. The lowest BCUT2D eigenvalue weighted by atomic mass is 9.68. The van der Waals surface area contributed by atoms with Gasteiger partial charge in [-0.15, -0.1) is 0 Å². The Hall–Kier alpha value is -3.56. The van der Waals surface area contributed by atoms with Crippen LogP contribution in [-0.2, 0) is 13.2 Å². The van der Waals surface area contributed by atoms with E-state index in [1.54, 1.807) is 17.6 Å². The van der Waals surface area contributed by atoms with Crippen molar-refractivity contribution in [1.29, 1.82) is 0 Å². The molecule has 8 nitrogen and oxygen atoms in total. The van der Waals surface area contributed by atoms with Gasteiger partial charge in [-0.2, -0.15) is 4.98 Å². The van der Waals surface area contributed by atoms with Gasteiger partial charge in [-0.1, -0.05) is 0 Å². The maximum Gasteiger partial charge on any atom is 0.352 e. The fourth-order valence-electron chi connectivity index (χ4n) is 6.11. The Morgan fingerprint density at radius 3 is 2.61 bits per heavy atom. The average molecular weight is 451 g/mol. The Morgan fingerprint density at radius 1 is 1.15 bits per heavy atom. The van der Waals surface area contributed by atoms with Gasteiger partial charge in [0.15, 0.2) is 23.1 Å². The topological polar surface area (TPSA) is 82.4 Å². The van der Waals surface area contributed by atoms with Gasteiger partial charge in [0.25, 0.3) is 0 Å². The maximum atomic E-state index is 14.5. The van der Waals surface area contributed by atoms with Crippen LogP contribution in [0.4, 0.5) is 14.6 Å². The molecule has 5 aliphatic rings. The van der Waals surface area contributed by atoms with Gasteiger partial charge in [0.1, 0.15) is 18.2 Å². The molecule has 3 aromatic rings. The van der Waals surface area contributed by atoms with E-state index in [9.17, 15) is 13.6 Å². The summed E-state index contributed by atoms with van der Waals surface area (Å²) < 4.78 is 41.8. The summed E-state index contributed by atoms with van der Waals surface area (Å²) in [5.74, 6) is -0.669. The highest BCUT2D eigenvalue weighted by Gasteiger charge is 2.81. The van der Waals surface area contributed by atoms with Crippen LogP contribution >= 0.6 is 0 Å². The highest BCUT2D eigenvalue weighted by molar-refractivity contribution is 5.62. The zero-order chi connectivity index (χ0) is 22.5. The molecule has 5 heterocycles. The number of aryl methyl sites for hydroxylation is 1. The molecule has 4 fully saturated rings. The number of fused-ring (bicyclic) bond motifs is 1. The van der Waals surface area contributed by atoms with Crippen molar-refractivity contribution in [3.8, 4) is 17.4 Å². The van der Waals surface area contributed by atoms with Gasteiger partial charge in [0, 0.05) is 12.1 Å². The molecule has 2 saturated carbocycles. The van der Waals surface area contributed by atoms with Crippen molar-refractivity contribution < 1.29 is 18.3 Å². The van der Waals surface area contributed by atoms with Crippen LogP contribution < -0.4 is 20.1 Å². The first-order valence-electron chi connectivity index (χ1n) is 10.8. The lowest BCUT2D eigenvalue weighted by Gasteiger charge is -2.43. The van der Waals surface area contributed by atoms with Crippen LogP contribution in [0.5, 0.6) is 17.4 Å². The molecule has 0 radical (unpaired) electrons. The van der Waals surface area contributed by atoms with Crippen LogP contribution in [0.3, 0.4) is 0 Å². The molecule has 2 aliphatic carbocycles. The number of piperidine rings is 2. The summed E-state index contributed by atoms with van der Waals surface area (Å²) in [5, 5.41) is 0. The maximum absolute atomic E-state index is 14.5. The van der Waals surface area contributed by atoms with Crippen molar-refractivity contribution in [1.82, 2.24) is 19.5 Å². The monoisotopic (exact) mass is 451 g/mol. The third-order valence-electron chi connectivity index (χ3n) is 7.42. The molecule has 2 bridgehead atoms. The molecule has 1 aromatic carbocycles. The average Bonchev–Trinajstić information content (AvgIpc) is 3.13. The van der Waals surface area contributed by atoms with E-state index in [1.807, 2.05) is 0 Å². The Morgan fingerprint density at radius 2 is 1.88 bits per heavy atom. The van der Waals surface area contributed by atoms with Crippen LogP contribution in [-0.4, -0.2) is 31.1 Å². The van der Waals surface area contributed by atoms with E-state index in [0.29, 0.717) is 23.8 Å². The minimum atomic E-state index is -0.881. The van der Waals surface area contributed by atoms with Crippen molar-refractivity contribution in [2.75, 3.05) is 4.90 Å². The van der Waals surface area contributed by atoms with Crippen molar-refractivity contribution in [2.24, 2.45) is 5.41 Å². The number of aromatic nitrogens is 4. The van der Waals surface area contributed by atoms with Crippen molar-refractivity contribution >= 4 is 5.82 Å². The molecule has 33 heavy (non-hydrogen) atoms. The Labute approximate surface area is 186 Å². The molecule has 1 unspecified atom stereocenters. The Bertz CT molecular complexity index is 1360. The summed E-state index contributed by atoms with van der Waals surface area (Å²) in [4.78, 5) is 26.9. The summed E-state index contributed by atoms with van der Waals surface area (Å²) in [6.45, 7) is 2.23. The van der Waals surface area contributed by atoms with Crippen LogP contribution in [0.15, 0.2) is 35.4 Å². The second-order valence-electron chi connectivity index (χ2n) is 9.60. The molecule has 2 spiro atoms. The normalized spacial score (nSPS) is 27.5. The van der Waals surface area contributed by atoms with Gasteiger partial charge in [0.05, 0.1) is 24.5 Å². The smallest absolute Gasteiger partial charge is 0.352 e. The van der Waals surface area contributed by atoms with E-state index < -0.39 is 17.4 Å². The van der Waals surface area contributed by atoms with Gasteiger partial charge in [-0.3, -0.25) is 4.57 Å². The SMILES string of the molecule is Cc1ncc(Oc2c(F)cc(COc3cc4n(c(=O)n3)CC35CC6(CC6N43)C5)cc2F)cn1. The number of anilines is 1. The van der Waals surface area contributed by atoms with Gasteiger partial charge in [-0.25, -0.2) is 23.5 Å². The Kier molecular flexibility index (Phi) is 3.48. The predicted octanol–water partition coefficient (Wildman–Crippen LogP) is 3.12. The van der Waals surface area contributed by atoms with Crippen LogP contribution in [0.1, 0.15) is 30.7 Å². The fourth-order valence-corrected chi connectivity index (χ4v) is 6.11.